The van der Waals surface area contributed by atoms with Crippen molar-refractivity contribution in [2.75, 3.05) is 32.1 Å². The minimum atomic E-state index is -0.229. The lowest BCUT2D eigenvalue weighted by Crippen LogP contribution is -2.25. The fourth-order valence-corrected chi connectivity index (χ4v) is 5.49. The van der Waals surface area contributed by atoms with E-state index in [-0.39, 0.29) is 29.9 Å². The fraction of sp³-hybridized carbons (Fsp3) is 0.312. The molecule has 0 atom stereocenters. The van der Waals surface area contributed by atoms with Crippen LogP contribution in [0.4, 0.5) is 5.69 Å². The van der Waals surface area contributed by atoms with Crippen molar-refractivity contribution in [2.24, 2.45) is 0 Å². The van der Waals surface area contributed by atoms with E-state index >= 15 is 0 Å². The predicted octanol–water partition coefficient (Wildman–Crippen LogP) is 4.75. The second-order valence-corrected chi connectivity index (χ2v) is 11.0. The van der Waals surface area contributed by atoms with Crippen LogP contribution in [-0.4, -0.2) is 48.1 Å². The van der Waals surface area contributed by atoms with E-state index < -0.39 is 0 Å². The molecule has 12 heteroatoms. The minimum Gasteiger partial charge on any atom is -0.497 e. The van der Waals surface area contributed by atoms with Gasteiger partial charge in [0.05, 0.1) is 30.9 Å². The summed E-state index contributed by atoms with van der Waals surface area (Å²) in [6, 6.07) is 17.9. The van der Waals surface area contributed by atoms with Gasteiger partial charge in [0.25, 0.3) is 5.56 Å². The van der Waals surface area contributed by atoms with Gasteiger partial charge in [0.15, 0.2) is 16.7 Å². The van der Waals surface area contributed by atoms with Gasteiger partial charge in [0, 0.05) is 31.3 Å². The Hall–Kier alpha value is -4.71. The highest BCUT2D eigenvalue weighted by Gasteiger charge is 2.20. The number of amides is 2. The maximum atomic E-state index is 13.6. The van der Waals surface area contributed by atoms with Crippen LogP contribution < -0.4 is 35.1 Å². The molecule has 2 heterocycles. The molecule has 1 aliphatic heterocycles. The van der Waals surface area contributed by atoms with Gasteiger partial charge < -0.3 is 29.6 Å². The van der Waals surface area contributed by atoms with Gasteiger partial charge in [-0.3, -0.25) is 19.0 Å². The third-order valence-electron chi connectivity index (χ3n) is 7.05. The fourth-order valence-electron chi connectivity index (χ4n) is 4.66. The highest BCUT2D eigenvalue weighted by molar-refractivity contribution is 7.99. The molecule has 0 unspecified atom stereocenters. The van der Waals surface area contributed by atoms with Crippen LogP contribution >= 0.6 is 11.8 Å². The number of hydrogen-bond donors (Lipinski definition) is 2. The van der Waals surface area contributed by atoms with E-state index in [1.54, 1.807) is 55.2 Å². The summed E-state index contributed by atoms with van der Waals surface area (Å²) in [7, 11) is 3.19. The van der Waals surface area contributed by atoms with Crippen molar-refractivity contribution in [3.63, 3.8) is 0 Å². The number of anilines is 1. The zero-order chi connectivity index (χ0) is 30.9. The first-order chi connectivity index (χ1) is 21.4. The highest BCUT2D eigenvalue weighted by Crippen LogP contribution is 2.35. The summed E-state index contributed by atoms with van der Waals surface area (Å²) in [4.78, 5) is 43.4. The highest BCUT2D eigenvalue weighted by atomic mass is 32.2. The van der Waals surface area contributed by atoms with E-state index in [4.69, 9.17) is 23.9 Å². The number of ether oxygens (including phenoxy) is 4. The Morgan fingerprint density at radius 3 is 2.30 bits per heavy atom. The number of fused-ring (bicyclic) bond motifs is 2. The lowest BCUT2D eigenvalue weighted by Gasteiger charge is -2.14. The summed E-state index contributed by atoms with van der Waals surface area (Å²) in [6.45, 7) is 0.929. The number of methoxy groups -OCH3 is 2. The minimum absolute atomic E-state index is 0.0273. The molecule has 5 rings (SSSR count). The van der Waals surface area contributed by atoms with Crippen LogP contribution in [0.5, 0.6) is 23.0 Å². The van der Waals surface area contributed by atoms with E-state index in [1.807, 2.05) is 24.3 Å². The second kappa shape index (κ2) is 14.6. The largest absolute Gasteiger partial charge is 0.497 e. The van der Waals surface area contributed by atoms with E-state index in [1.165, 1.54) is 11.8 Å². The summed E-state index contributed by atoms with van der Waals surface area (Å²) in [5, 5.41) is 6.64. The molecule has 0 aliphatic carbocycles. The normalized spacial score (nSPS) is 11.8. The average Bonchev–Trinajstić information content (AvgIpc) is 3.51. The topological polar surface area (TPSA) is 130 Å². The van der Waals surface area contributed by atoms with Gasteiger partial charge in [0.1, 0.15) is 11.5 Å². The van der Waals surface area contributed by atoms with Crippen molar-refractivity contribution in [2.45, 2.75) is 43.9 Å². The van der Waals surface area contributed by atoms with E-state index in [9.17, 15) is 14.4 Å². The number of carbonyl (C=O) groups is 2. The molecule has 0 bridgehead atoms. The Labute approximate surface area is 258 Å². The lowest BCUT2D eigenvalue weighted by molar-refractivity contribution is -0.121. The number of carbonyl (C=O) groups excluding carboxylic acids is 2. The number of benzene rings is 3. The average molecular weight is 619 g/mol. The summed E-state index contributed by atoms with van der Waals surface area (Å²) in [5.41, 5.74) is 1.89. The third-order valence-corrected chi connectivity index (χ3v) is 8.03. The quantitative estimate of drug-likeness (QED) is 0.117. The first-order valence-electron chi connectivity index (χ1n) is 14.2. The molecule has 44 heavy (non-hydrogen) atoms. The standard InChI is InChI=1S/C32H34N4O7S/c1-40-23-11-7-21(8-12-23)18-33-29(37)6-4-3-5-15-36-31(39)25-16-27-28(43-20-42-27)17-26(25)35-32(36)44-19-30(38)34-22-9-13-24(41-2)14-10-22/h7-14,16-17H,3-6,15,18-20H2,1-2H3,(H,33,37)(H,34,38). The Morgan fingerprint density at radius 1 is 0.909 bits per heavy atom. The Balaban J connectivity index is 1.19. The Kier molecular flexibility index (Phi) is 10.2. The van der Waals surface area contributed by atoms with Crippen LogP contribution in [0.15, 0.2) is 70.6 Å². The molecule has 11 nitrogen and oxygen atoms in total. The van der Waals surface area contributed by atoms with Crippen LogP contribution in [0.2, 0.25) is 0 Å². The molecule has 3 aromatic carbocycles. The lowest BCUT2D eigenvalue weighted by atomic mass is 10.1. The molecule has 1 aliphatic rings. The molecule has 1 aromatic heterocycles. The van der Waals surface area contributed by atoms with Crippen molar-refractivity contribution in [3.05, 3.63) is 76.6 Å². The molecule has 0 radical (unpaired) electrons. The molecule has 0 saturated heterocycles. The molecular weight excluding hydrogens is 584 g/mol. The van der Waals surface area contributed by atoms with E-state index in [0.717, 1.165) is 17.7 Å². The number of thioether (sulfide) groups is 1. The van der Waals surface area contributed by atoms with Gasteiger partial charge in [-0.1, -0.05) is 30.3 Å². The van der Waals surface area contributed by atoms with Crippen LogP contribution in [0.25, 0.3) is 10.9 Å². The van der Waals surface area contributed by atoms with Crippen molar-refractivity contribution in [3.8, 4) is 23.0 Å². The molecule has 230 valence electrons. The van der Waals surface area contributed by atoms with Crippen molar-refractivity contribution in [1.29, 1.82) is 0 Å². The van der Waals surface area contributed by atoms with Gasteiger partial charge in [-0.15, -0.1) is 0 Å². The number of hydrogen-bond acceptors (Lipinski definition) is 9. The van der Waals surface area contributed by atoms with Gasteiger partial charge in [-0.05, 0) is 60.9 Å². The Bertz CT molecular complexity index is 1670. The van der Waals surface area contributed by atoms with Gasteiger partial charge in [-0.2, -0.15) is 0 Å². The molecule has 2 N–H and O–H groups in total. The summed E-state index contributed by atoms with van der Waals surface area (Å²) in [6.07, 6.45) is 2.46. The van der Waals surface area contributed by atoms with Crippen LogP contribution in [0.1, 0.15) is 31.2 Å². The molecule has 0 fully saturated rings. The number of aromatic nitrogens is 2. The summed E-state index contributed by atoms with van der Waals surface area (Å²) in [5.74, 6) is 2.29. The van der Waals surface area contributed by atoms with Crippen molar-refractivity contribution < 1.29 is 28.5 Å². The summed E-state index contributed by atoms with van der Waals surface area (Å²) >= 11 is 1.19. The molecule has 0 saturated carbocycles. The van der Waals surface area contributed by atoms with Crippen LogP contribution in [-0.2, 0) is 22.7 Å². The third kappa shape index (κ3) is 7.81. The second-order valence-electron chi connectivity index (χ2n) is 10.1. The zero-order valence-electron chi connectivity index (χ0n) is 24.6. The maximum Gasteiger partial charge on any atom is 0.262 e. The van der Waals surface area contributed by atoms with Gasteiger partial charge >= 0.3 is 0 Å². The van der Waals surface area contributed by atoms with Crippen LogP contribution in [0, 0.1) is 0 Å². The number of unbranched alkanes of at least 4 members (excludes halogenated alkanes) is 2. The molecule has 2 amide bonds. The number of nitrogens with zero attached hydrogens (tertiary/aromatic N) is 2. The van der Waals surface area contributed by atoms with E-state index in [0.29, 0.717) is 71.3 Å². The van der Waals surface area contributed by atoms with E-state index in [2.05, 4.69) is 10.6 Å². The smallest absolute Gasteiger partial charge is 0.262 e. The predicted molar refractivity (Wildman–Crippen MR) is 168 cm³/mol. The van der Waals surface area contributed by atoms with Gasteiger partial charge in [0.2, 0.25) is 18.6 Å². The van der Waals surface area contributed by atoms with Crippen molar-refractivity contribution >= 4 is 40.2 Å². The number of rotatable bonds is 14. The number of nitrogens with one attached hydrogen (secondary N) is 2. The molecule has 0 spiro atoms. The first-order valence-corrected chi connectivity index (χ1v) is 15.2. The van der Waals surface area contributed by atoms with Gasteiger partial charge in [-0.25, -0.2) is 4.98 Å². The molecular formula is C32H34N4O7S. The summed E-state index contributed by atoms with van der Waals surface area (Å²) < 4.78 is 22.9. The maximum absolute atomic E-state index is 13.6. The molecule has 4 aromatic rings. The zero-order valence-corrected chi connectivity index (χ0v) is 25.4. The first kappa shape index (κ1) is 30.7. The van der Waals surface area contributed by atoms with Crippen LogP contribution in [0.3, 0.4) is 0 Å². The van der Waals surface area contributed by atoms with Crippen molar-refractivity contribution in [1.82, 2.24) is 14.9 Å². The monoisotopic (exact) mass is 618 g/mol. The SMILES string of the molecule is COc1ccc(CNC(=O)CCCCCn2c(SCC(=O)Nc3ccc(OC)cc3)nc3cc4c(cc3c2=O)OCO4)cc1. The Morgan fingerprint density at radius 2 is 1.59 bits per heavy atom.